The van der Waals surface area contributed by atoms with E-state index in [0.717, 1.165) is 5.69 Å². The van der Waals surface area contributed by atoms with E-state index in [4.69, 9.17) is 10.8 Å². The third-order valence-corrected chi connectivity index (χ3v) is 1.26. The minimum atomic E-state index is -0.333. The Bertz CT molecular complexity index is 254. The molecule has 1 aromatic rings. The molecule has 0 amide bonds. The lowest BCUT2D eigenvalue weighted by molar-refractivity contribution is -0.119. The van der Waals surface area contributed by atoms with Crippen LogP contribution >= 0.6 is 0 Å². The molecule has 0 radical (unpaired) electrons. The van der Waals surface area contributed by atoms with Crippen molar-refractivity contribution >= 4 is 11.5 Å². The zero-order chi connectivity index (χ0) is 10.3. The zero-order valence-corrected chi connectivity index (χ0v) is 7.95. The highest BCUT2D eigenvalue weighted by Crippen LogP contribution is 2.03. The number of rotatable bonds is 1. The molecule has 3 heteroatoms. The smallest absolute Gasteiger partial charge is 0.155 e. The van der Waals surface area contributed by atoms with E-state index >= 15 is 0 Å². The summed E-state index contributed by atoms with van der Waals surface area (Å²) < 4.78 is 0. The summed E-state index contributed by atoms with van der Waals surface area (Å²) in [6.07, 6.45) is 0. The standard InChI is InChI=1S/C7H9N.C3H6O2/c1-6-3-2-4-7(8)5-6;1-3(5)2-4/h2-5H,8H2,1H3;4H,2H2,1H3. The monoisotopic (exact) mass is 181 g/mol. The van der Waals surface area contributed by atoms with Crippen LogP contribution in [0, 0.1) is 6.92 Å². The molecule has 0 saturated carbocycles. The number of aryl methyl sites for hydroxylation is 1. The van der Waals surface area contributed by atoms with E-state index < -0.39 is 0 Å². The Kier molecular flexibility index (Phi) is 5.55. The van der Waals surface area contributed by atoms with Gasteiger partial charge >= 0.3 is 0 Å². The Labute approximate surface area is 78.2 Å². The van der Waals surface area contributed by atoms with Crippen molar-refractivity contribution in [2.45, 2.75) is 13.8 Å². The maximum Gasteiger partial charge on any atom is 0.155 e. The molecule has 0 atom stereocenters. The van der Waals surface area contributed by atoms with Gasteiger partial charge in [0.1, 0.15) is 6.61 Å². The summed E-state index contributed by atoms with van der Waals surface area (Å²) in [5.41, 5.74) is 7.51. The van der Waals surface area contributed by atoms with Crippen molar-refractivity contribution in [1.82, 2.24) is 0 Å². The molecule has 0 unspecified atom stereocenters. The van der Waals surface area contributed by atoms with Gasteiger partial charge in [-0.1, -0.05) is 12.1 Å². The predicted octanol–water partition coefficient (Wildman–Crippen LogP) is 1.14. The second-order valence-corrected chi connectivity index (χ2v) is 2.77. The van der Waals surface area contributed by atoms with Crippen LogP contribution in [-0.2, 0) is 4.79 Å². The molecule has 0 fully saturated rings. The molecule has 0 aliphatic rings. The topological polar surface area (TPSA) is 63.3 Å². The third kappa shape index (κ3) is 7.03. The van der Waals surface area contributed by atoms with Crippen LogP contribution in [-0.4, -0.2) is 17.5 Å². The van der Waals surface area contributed by atoms with Gasteiger partial charge in [-0.25, -0.2) is 0 Å². The van der Waals surface area contributed by atoms with Crippen LogP contribution in [0.3, 0.4) is 0 Å². The highest BCUT2D eigenvalue weighted by Gasteiger charge is 1.81. The summed E-state index contributed by atoms with van der Waals surface area (Å²) in [4.78, 5) is 9.56. The van der Waals surface area contributed by atoms with E-state index in [1.54, 1.807) is 0 Å². The Morgan fingerprint density at radius 2 is 2.08 bits per heavy atom. The Morgan fingerprint density at radius 3 is 2.31 bits per heavy atom. The molecule has 13 heavy (non-hydrogen) atoms. The van der Waals surface area contributed by atoms with E-state index in [0.29, 0.717) is 0 Å². The first-order valence-corrected chi connectivity index (χ1v) is 3.98. The highest BCUT2D eigenvalue weighted by atomic mass is 16.3. The minimum absolute atomic E-state index is 0.190. The molecule has 0 bridgehead atoms. The minimum Gasteiger partial charge on any atom is -0.399 e. The second-order valence-electron chi connectivity index (χ2n) is 2.77. The van der Waals surface area contributed by atoms with Gasteiger partial charge in [0, 0.05) is 5.69 Å². The van der Waals surface area contributed by atoms with E-state index in [2.05, 4.69) is 0 Å². The molecule has 0 saturated heterocycles. The van der Waals surface area contributed by atoms with Crippen molar-refractivity contribution in [1.29, 1.82) is 0 Å². The zero-order valence-electron chi connectivity index (χ0n) is 7.95. The van der Waals surface area contributed by atoms with Crippen LogP contribution in [0.2, 0.25) is 0 Å². The van der Waals surface area contributed by atoms with Gasteiger partial charge < -0.3 is 10.8 Å². The molecule has 1 aromatic carbocycles. The number of aliphatic hydroxyl groups excluding tert-OH is 1. The van der Waals surface area contributed by atoms with Crippen molar-refractivity contribution < 1.29 is 9.90 Å². The molecular weight excluding hydrogens is 166 g/mol. The maximum absolute atomic E-state index is 9.56. The fourth-order valence-electron chi connectivity index (χ4n) is 0.670. The van der Waals surface area contributed by atoms with Gasteiger partial charge in [-0.2, -0.15) is 0 Å². The van der Waals surface area contributed by atoms with E-state index in [1.807, 2.05) is 31.2 Å². The SMILES string of the molecule is CC(=O)CO.Cc1cccc(N)c1. The first-order valence-electron chi connectivity index (χ1n) is 3.98. The molecule has 3 nitrogen and oxygen atoms in total. The van der Waals surface area contributed by atoms with Crippen LogP contribution < -0.4 is 5.73 Å². The van der Waals surface area contributed by atoms with Gasteiger partial charge in [0.05, 0.1) is 0 Å². The molecule has 0 heterocycles. The lowest BCUT2D eigenvalue weighted by atomic mass is 10.2. The normalized spacial score (nSPS) is 8.54. The number of hydrogen-bond donors (Lipinski definition) is 2. The largest absolute Gasteiger partial charge is 0.399 e. The molecule has 0 aromatic heterocycles. The van der Waals surface area contributed by atoms with Gasteiger partial charge in [-0.3, -0.25) is 4.79 Å². The fourth-order valence-corrected chi connectivity index (χ4v) is 0.670. The number of benzene rings is 1. The number of nitrogens with two attached hydrogens (primary N) is 1. The molecule has 72 valence electrons. The quantitative estimate of drug-likeness (QED) is 0.639. The van der Waals surface area contributed by atoms with Crippen LogP contribution in [0.4, 0.5) is 5.69 Å². The third-order valence-electron chi connectivity index (χ3n) is 1.26. The van der Waals surface area contributed by atoms with Crippen LogP contribution in [0.25, 0.3) is 0 Å². The molecule has 0 aliphatic heterocycles. The highest BCUT2D eigenvalue weighted by molar-refractivity contribution is 5.76. The Morgan fingerprint density at radius 1 is 1.54 bits per heavy atom. The van der Waals surface area contributed by atoms with Gasteiger partial charge in [0.25, 0.3) is 0 Å². The lowest BCUT2D eigenvalue weighted by Gasteiger charge is -1.91. The number of Topliss-reactive ketones (excluding diaryl/α,β-unsaturated/α-hetero) is 1. The molecule has 1 rings (SSSR count). The van der Waals surface area contributed by atoms with Crippen LogP contribution in [0.1, 0.15) is 12.5 Å². The van der Waals surface area contributed by atoms with Crippen LogP contribution in [0.5, 0.6) is 0 Å². The van der Waals surface area contributed by atoms with Crippen molar-refractivity contribution in [3.8, 4) is 0 Å². The predicted molar refractivity (Wildman–Crippen MR) is 53.4 cm³/mol. The van der Waals surface area contributed by atoms with Crippen LogP contribution in [0.15, 0.2) is 24.3 Å². The number of carbonyl (C=O) groups excluding carboxylic acids is 1. The summed E-state index contributed by atoms with van der Waals surface area (Å²) in [5, 5.41) is 7.79. The van der Waals surface area contributed by atoms with Gasteiger partial charge in [0.2, 0.25) is 0 Å². The van der Waals surface area contributed by atoms with E-state index in [-0.39, 0.29) is 12.4 Å². The molecule has 3 N–H and O–H groups in total. The second kappa shape index (κ2) is 6.20. The molecule has 0 aliphatic carbocycles. The van der Waals surface area contributed by atoms with E-state index in [1.165, 1.54) is 12.5 Å². The first-order chi connectivity index (χ1) is 6.06. The molecular formula is C10H15NO2. The fraction of sp³-hybridized carbons (Fsp3) is 0.300. The number of aliphatic hydroxyl groups is 1. The lowest BCUT2D eigenvalue weighted by Crippen LogP contribution is -1.93. The summed E-state index contributed by atoms with van der Waals surface area (Å²) in [7, 11) is 0. The molecule has 0 spiro atoms. The first kappa shape index (κ1) is 11.6. The number of hydrogen-bond acceptors (Lipinski definition) is 3. The number of nitrogen functional groups attached to an aromatic ring is 1. The number of anilines is 1. The van der Waals surface area contributed by atoms with Crippen molar-refractivity contribution in [3.63, 3.8) is 0 Å². The average Bonchev–Trinajstić information content (AvgIpc) is 2.05. The average molecular weight is 181 g/mol. The van der Waals surface area contributed by atoms with Crippen molar-refractivity contribution in [3.05, 3.63) is 29.8 Å². The summed E-state index contributed by atoms with van der Waals surface area (Å²) in [5.74, 6) is -0.190. The summed E-state index contributed by atoms with van der Waals surface area (Å²) >= 11 is 0. The number of ketones is 1. The summed E-state index contributed by atoms with van der Waals surface area (Å²) in [6.45, 7) is 3.02. The Balaban J connectivity index is 0.000000252. The number of carbonyl (C=O) groups is 1. The summed E-state index contributed by atoms with van der Waals surface area (Å²) in [6, 6.07) is 7.80. The maximum atomic E-state index is 9.56. The van der Waals surface area contributed by atoms with Crippen molar-refractivity contribution in [2.75, 3.05) is 12.3 Å². The van der Waals surface area contributed by atoms with Crippen molar-refractivity contribution in [2.24, 2.45) is 0 Å². The Hall–Kier alpha value is -1.35. The van der Waals surface area contributed by atoms with Gasteiger partial charge in [0.15, 0.2) is 5.78 Å². The van der Waals surface area contributed by atoms with E-state index in [9.17, 15) is 4.79 Å². The van der Waals surface area contributed by atoms with Gasteiger partial charge in [-0.15, -0.1) is 0 Å². The van der Waals surface area contributed by atoms with Gasteiger partial charge in [-0.05, 0) is 31.5 Å².